The Morgan fingerprint density at radius 3 is 1.35 bits per heavy atom. The number of benzene rings is 2. The van der Waals surface area contributed by atoms with Gasteiger partial charge in [-0.2, -0.15) is 0 Å². The molecule has 1 saturated heterocycles. The molecule has 0 radical (unpaired) electrons. The molecule has 0 atom stereocenters. The molecule has 1 nitrogen and oxygen atoms in total. The van der Waals surface area contributed by atoms with Crippen LogP contribution >= 0.6 is 0 Å². The monoisotopic (exact) mass is 223 g/mol. The van der Waals surface area contributed by atoms with E-state index in [4.69, 9.17) is 0 Å². The second-order valence-corrected chi connectivity index (χ2v) is 5.23. The minimum atomic E-state index is -0.0183. The highest BCUT2D eigenvalue weighted by atomic mass is 15.3. The van der Waals surface area contributed by atoms with Crippen molar-refractivity contribution in [2.75, 3.05) is 0 Å². The second-order valence-electron chi connectivity index (χ2n) is 5.23. The van der Waals surface area contributed by atoms with Gasteiger partial charge in [-0.05, 0) is 25.0 Å². The Morgan fingerprint density at radius 2 is 1.06 bits per heavy atom. The molecular weight excluding hydrogens is 206 g/mol. The first-order valence-electron chi connectivity index (χ1n) is 6.07. The average Bonchev–Trinajstić information content (AvgIpc) is 2.96. The second kappa shape index (κ2) is 3.44. The van der Waals surface area contributed by atoms with Gasteiger partial charge in [-0.25, -0.2) is 0 Å². The lowest BCUT2D eigenvalue weighted by atomic mass is 9.82. The molecule has 0 aliphatic carbocycles. The van der Waals surface area contributed by atoms with Crippen LogP contribution in [0.3, 0.4) is 0 Å². The maximum absolute atomic E-state index is 3.65. The largest absolute Gasteiger partial charge is 0.295 e. The zero-order valence-corrected chi connectivity index (χ0v) is 10.3. The fourth-order valence-corrected chi connectivity index (χ4v) is 2.85. The van der Waals surface area contributed by atoms with Gasteiger partial charge >= 0.3 is 0 Å². The van der Waals surface area contributed by atoms with Crippen molar-refractivity contribution in [1.29, 1.82) is 0 Å². The number of nitrogens with one attached hydrogen (secondary N) is 1. The van der Waals surface area contributed by atoms with Gasteiger partial charge in [0.25, 0.3) is 0 Å². The molecule has 3 rings (SSSR count). The lowest BCUT2D eigenvalue weighted by molar-refractivity contribution is 0.670. The van der Waals surface area contributed by atoms with Crippen molar-refractivity contribution in [3.05, 3.63) is 71.8 Å². The van der Waals surface area contributed by atoms with Crippen LogP contribution in [0.2, 0.25) is 0 Å². The summed E-state index contributed by atoms with van der Waals surface area (Å²) in [5.41, 5.74) is 2.79. The Morgan fingerprint density at radius 1 is 0.706 bits per heavy atom. The molecule has 0 unspecified atom stereocenters. The van der Waals surface area contributed by atoms with E-state index in [1.54, 1.807) is 0 Å². The van der Waals surface area contributed by atoms with E-state index in [0.717, 1.165) is 0 Å². The van der Waals surface area contributed by atoms with Gasteiger partial charge < -0.3 is 0 Å². The van der Waals surface area contributed by atoms with Gasteiger partial charge in [0.15, 0.2) is 0 Å². The van der Waals surface area contributed by atoms with Crippen LogP contribution in [-0.2, 0) is 5.54 Å². The molecule has 0 spiro atoms. The van der Waals surface area contributed by atoms with E-state index >= 15 is 0 Å². The normalized spacial score (nSPS) is 19.9. The maximum atomic E-state index is 3.65. The average molecular weight is 223 g/mol. The quantitative estimate of drug-likeness (QED) is 0.775. The van der Waals surface area contributed by atoms with Gasteiger partial charge in [-0.1, -0.05) is 60.7 Å². The summed E-state index contributed by atoms with van der Waals surface area (Å²) in [6.45, 7) is 4.51. The van der Waals surface area contributed by atoms with Crippen molar-refractivity contribution < 1.29 is 0 Å². The molecule has 86 valence electrons. The molecule has 0 amide bonds. The fraction of sp³-hybridized carbons (Fsp3) is 0.250. The number of hydrogen-bond donors (Lipinski definition) is 1. The Balaban J connectivity index is 2.15. The van der Waals surface area contributed by atoms with Crippen LogP contribution < -0.4 is 5.32 Å². The predicted octanol–water partition coefficient (Wildman–Crippen LogP) is 3.31. The first-order valence-corrected chi connectivity index (χ1v) is 6.07. The molecule has 1 heteroatoms. The SMILES string of the molecule is CC1(C)NC1(c1ccccc1)c1ccccc1. The van der Waals surface area contributed by atoms with Crippen LogP contribution in [0.1, 0.15) is 25.0 Å². The lowest BCUT2D eigenvalue weighted by Gasteiger charge is -2.19. The Labute approximate surface area is 102 Å². The highest BCUT2D eigenvalue weighted by molar-refractivity contribution is 5.50. The zero-order valence-electron chi connectivity index (χ0n) is 10.3. The van der Waals surface area contributed by atoms with Crippen molar-refractivity contribution in [2.45, 2.75) is 24.9 Å². The summed E-state index contributed by atoms with van der Waals surface area (Å²) in [6, 6.07) is 21.4. The third-order valence-electron chi connectivity index (χ3n) is 3.79. The summed E-state index contributed by atoms with van der Waals surface area (Å²) in [5.74, 6) is 0. The molecule has 0 aromatic heterocycles. The first kappa shape index (κ1) is 10.5. The smallest absolute Gasteiger partial charge is 0.0875 e. The molecule has 1 aliphatic rings. The van der Waals surface area contributed by atoms with E-state index in [9.17, 15) is 0 Å². The van der Waals surface area contributed by atoms with Crippen LogP contribution in [0.5, 0.6) is 0 Å². The maximum Gasteiger partial charge on any atom is 0.0875 e. The molecular formula is C16H17N. The molecule has 1 N–H and O–H groups in total. The molecule has 1 heterocycles. The van der Waals surface area contributed by atoms with E-state index in [-0.39, 0.29) is 11.1 Å². The number of hydrogen-bond acceptors (Lipinski definition) is 1. The number of rotatable bonds is 2. The van der Waals surface area contributed by atoms with Crippen LogP contribution in [0, 0.1) is 0 Å². The van der Waals surface area contributed by atoms with E-state index in [0.29, 0.717) is 0 Å². The summed E-state index contributed by atoms with van der Waals surface area (Å²) in [4.78, 5) is 0. The minimum Gasteiger partial charge on any atom is -0.295 e. The van der Waals surface area contributed by atoms with Crippen molar-refractivity contribution in [1.82, 2.24) is 5.32 Å². The van der Waals surface area contributed by atoms with Gasteiger partial charge in [-0.3, -0.25) is 5.32 Å². The highest BCUT2D eigenvalue weighted by Gasteiger charge is 2.62. The highest BCUT2D eigenvalue weighted by Crippen LogP contribution is 2.51. The third kappa shape index (κ3) is 1.43. The molecule has 17 heavy (non-hydrogen) atoms. The zero-order chi connectivity index (χ0) is 11.9. The van der Waals surface area contributed by atoms with Crippen LogP contribution in [0.4, 0.5) is 0 Å². The molecule has 0 bridgehead atoms. The topological polar surface area (TPSA) is 21.9 Å². The first-order chi connectivity index (χ1) is 8.17. The van der Waals surface area contributed by atoms with E-state index in [1.807, 2.05) is 0 Å². The van der Waals surface area contributed by atoms with Crippen molar-refractivity contribution in [2.24, 2.45) is 0 Å². The fourth-order valence-electron chi connectivity index (χ4n) is 2.85. The molecule has 1 fully saturated rings. The Kier molecular flexibility index (Phi) is 2.14. The molecule has 2 aromatic carbocycles. The van der Waals surface area contributed by atoms with Gasteiger partial charge in [0.05, 0.1) is 5.54 Å². The van der Waals surface area contributed by atoms with E-state index < -0.39 is 0 Å². The van der Waals surface area contributed by atoms with Gasteiger partial charge in [0.1, 0.15) is 0 Å². The minimum absolute atomic E-state index is 0.0183. The summed E-state index contributed by atoms with van der Waals surface area (Å²) < 4.78 is 0. The molecule has 1 aliphatic heterocycles. The van der Waals surface area contributed by atoms with Crippen molar-refractivity contribution in [3.63, 3.8) is 0 Å². The third-order valence-corrected chi connectivity index (χ3v) is 3.79. The van der Waals surface area contributed by atoms with Crippen LogP contribution in [0.15, 0.2) is 60.7 Å². The summed E-state index contributed by atoms with van der Waals surface area (Å²) >= 11 is 0. The summed E-state index contributed by atoms with van der Waals surface area (Å²) in [6.07, 6.45) is 0. The Bertz CT molecular complexity index is 474. The van der Waals surface area contributed by atoms with Crippen LogP contribution in [-0.4, -0.2) is 5.54 Å². The lowest BCUT2D eigenvalue weighted by Crippen LogP contribution is -2.20. The van der Waals surface area contributed by atoms with Gasteiger partial charge in [0, 0.05) is 5.54 Å². The van der Waals surface area contributed by atoms with Gasteiger partial charge in [-0.15, -0.1) is 0 Å². The summed E-state index contributed by atoms with van der Waals surface area (Å²) in [5, 5.41) is 3.65. The van der Waals surface area contributed by atoms with Crippen molar-refractivity contribution >= 4 is 0 Å². The predicted molar refractivity (Wildman–Crippen MR) is 70.9 cm³/mol. The van der Waals surface area contributed by atoms with Crippen LogP contribution in [0.25, 0.3) is 0 Å². The van der Waals surface area contributed by atoms with E-state index in [2.05, 4.69) is 79.8 Å². The van der Waals surface area contributed by atoms with E-state index in [1.165, 1.54) is 11.1 Å². The molecule has 2 aromatic rings. The molecule has 0 saturated carbocycles. The van der Waals surface area contributed by atoms with Crippen molar-refractivity contribution in [3.8, 4) is 0 Å². The Hall–Kier alpha value is -1.60. The standard InChI is InChI=1S/C16H17N/c1-15(2)16(17-15,13-9-5-3-6-10-13)14-11-7-4-8-12-14/h3-12,17H,1-2H3. The van der Waals surface area contributed by atoms with Gasteiger partial charge in [0.2, 0.25) is 0 Å². The summed E-state index contributed by atoms with van der Waals surface area (Å²) in [7, 11) is 0.